The van der Waals surface area contributed by atoms with Gasteiger partial charge in [-0.15, -0.1) is 0 Å². The second-order valence-corrected chi connectivity index (χ2v) is 7.41. The molecule has 0 amide bonds. The molecule has 2 heterocycles. The summed E-state index contributed by atoms with van der Waals surface area (Å²) < 4.78 is 6.03. The molecule has 0 saturated carbocycles. The third-order valence-corrected chi connectivity index (χ3v) is 5.08. The highest BCUT2D eigenvalue weighted by Gasteiger charge is 2.20. The summed E-state index contributed by atoms with van der Waals surface area (Å²) >= 11 is 3.52. The van der Waals surface area contributed by atoms with E-state index in [2.05, 4.69) is 68.2 Å². The van der Waals surface area contributed by atoms with Gasteiger partial charge in [0.25, 0.3) is 0 Å². The summed E-state index contributed by atoms with van der Waals surface area (Å²) in [4.78, 5) is 9.61. The van der Waals surface area contributed by atoms with Crippen LogP contribution in [0.2, 0.25) is 0 Å². The van der Waals surface area contributed by atoms with E-state index in [1.54, 1.807) is 6.26 Å². The van der Waals surface area contributed by atoms with Gasteiger partial charge in [-0.2, -0.15) is 0 Å². The molecule has 1 aromatic heterocycles. The van der Waals surface area contributed by atoms with Gasteiger partial charge in [0.05, 0.1) is 12.2 Å². The third-order valence-electron chi connectivity index (χ3n) is 4.59. The monoisotopic (exact) mass is 419 g/mol. The minimum atomic E-state index is 0.695. The van der Waals surface area contributed by atoms with Crippen molar-refractivity contribution in [2.75, 3.05) is 32.7 Å². The Labute approximate surface area is 163 Å². The van der Waals surface area contributed by atoms with Crippen molar-refractivity contribution in [1.29, 1.82) is 0 Å². The molecule has 26 heavy (non-hydrogen) atoms. The van der Waals surface area contributed by atoms with E-state index in [4.69, 9.17) is 9.52 Å². The number of aromatic nitrogens is 1. The maximum atomic E-state index is 4.92. The third kappa shape index (κ3) is 5.08. The van der Waals surface area contributed by atoms with Crippen LogP contribution in [0.25, 0.3) is 0 Å². The largest absolute Gasteiger partial charge is 0.364 e. The van der Waals surface area contributed by atoms with Crippen LogP contribution < -0.4 is 5.32 Å². The summed E-state index contributed by atoms with van der Waals surface area (Å²) in [5.74, 6) is 0.996. The van der Waals surface area contributed by atoms with E-state index < -0.39 is 0 Å². The van der Waals surface area contributed by atoms with Crippen molar-refractivity contribution in [1.82, 2.24) is 20.3 Å². The van der Waals surface area contributed by atoms with Crippen molar-refractivity contribution < 1.29 is 4.52 Å². The van der Waals surface area contributed by atoms with Crippen LogP contribution in [0.4, 0.5) is 0 Å². The van der Waals surface area contributed by atoms with Gasteiger partial charge in [0.1, 0.15) is 6.26 Å². The normalized spacial score (nSPS) is 16.1. The Bertz CT molecular complexity index is 724. The molecule has 1 fully saturated rings. The Hall–Kier alpha value is -1.86. The van der Waals surface area contributed by atoms with Gasteiger partial charge < -0.3 is 14.7 Å². The van der Waals surface area contributed by atoms with Crippen LogP contribution in [0.1, 0.15) is 23.7 Å². The quantitative estimate of drug-likeness (QED) is 0.596. The molecule has 140 valence electrons. The zero-order chi connectivity index (χ0) is 18.4. The van der Waals surface area contributed by atoms with Gasteiger partial charge in [-0.1, -0.05) is 27.2 Å². The number of nitrogens with zero attached hydrogens (tertiary/aromatic N) is 4. The number of halogens is 1. The van der Waals surface area contributed by atoms with Crippen molar-refractivity contribution in [3.8, 4) is 0 Å². The van der Waals surface area contributed by atoms with Crippen LogP contribution in [-0.2, 0) is 13.1 Å². The molecule has 1 N–H and O–H groups in total. The lowest BCUT2D eigenvalue weighted by Crippen LogP contribution is -2.52. The first-order chi connectivity index (χ1) is 12.7. The average Bonchev–Trinajstić information content (AvgIpc) is 3.14. The summed E-state index contributed by atoms with van der Waals surface area (Å²) in [6.45, 7) is 10.6. The number of aryl methyl sites for hydroxylation is 1. The molecule has 0 spiro atoms. The number of benzene rings is 1. The molecular weight excluding hydrogens is 394 g/mol. The minimum absolute atomic E-state index is 0.695. The van der Waals surface area contributed by atoms with Crippen LogP contribution in [0.15, 0.2) is 44.5 Å². The molecular formula is C19H26BrN5O. The number of aliphatic imine (C=N–C) groups is 1. The first-order valence-electron chi connectivity index (χ1n) is 9.05. The maximum absolute atomic E-state index is 4.92. The molecule has 0 bridgehead atoms. The molecule has 7 heteroatoms. The summed E-state index contributed by atoms with van der Waals surface area (Å²) in [5.41, 5.74) is 3.51. The molecule has 6 nitrogen and oxygen atoms in total. The minimum Gasteiger partial charge on any atom is -0.364 e. The SMILES string of the molecule is CCNC(=NCc1ccc(Br)cc1C)N1CCN(Cc2ccon2)CC1. The number of piperazine rings is 1. The Kier molecular flexibility index (Phi) is 6.68. The molecule has 1 aliphatic heterocycles. The Morgan fingerprint density at radius 1 is 1.27 bits per heavy atom. The molecule has 0 radical (unpaired) electrons. The maximum Gasteiger partial charge on any atom is 0.194 e. The van der Waals surface area contributed by atoms with Crippen molar-refractivity contribution in [2.45, 2.75) is 26.9 Å². The summed E-state index contributed by atoms with van der Waals surface area (Å²) in [5, 5.41) is 7.44. The van der Waals surface area contributed by atoms with Gasteiger partial charge in [-0.05, 0) is 37.1 Å². The van der Waals surface area contributed by atoms with Crippen LogP contribution in [-0.4, -0.2) is 53.6 Å². The number of nitrogens with one attached hydrogen (secondary N) is 1. The fourth-order valence-corrected chi connectivity index (χ4v) is 3.56. The van der Waals surface area contributed by atoms with Crippen molar-refractivity contribution in [3.63, 3.8) is 0 Å². The topological polar surface area (TPSA) is 56.9 Å². The lowest BCUT2D eigenvalue weighted by atomic mass is 10.1. The summed E-state index contributed by atoms with van der Waals surface area (Å²) in [7, 11) is 0. The van der Waals surface area contributed by atoms with E-state index in [0.717, 1.165) is 55.4 Å². The fraction of sp³-hybridized carbons (Fsp3) is 0.474. The van der Waals surface area contributed by atoms with Gasteiger partial charge in [0.2, 0.25) is 0 Å². The first-order valence-corrected chi connectivity index (χ1v) is 9.85. The fourth-order valence-electron chi connectivity index (χ4n) is 3.09. The van der Waals surface area contributed by atoms with Gasteiger partial charge in [-0.3, -0.25) is 4.90 Å². The predicted octanol–water partition coefficient (Wildman–Crippen LogP) is 3.03. The molecule has 3 rings (SSSR count). The van der Waals surface area contributed by atoms with Gasteiger partial charge in [0, 0.05) is 49.8 Å². The van der Waals surface area contributed by atoms with E-state index >= 15 is 0 Å². The van der Waals surface area contributed by atoms with Crippen molar-refractivity contribution in [2.24, 2.45) is 4.99 Å². The lowest BCUT2D eigenvalue weighted by Gasteiger charge is -2.36. The standard InChI is InChI=1S/C19H26BrN5O/c1-3-21-19(22-13-16-4-5-17(20)12-15(16)2)25-9-7-24(8-10-25)14-18-6-11-26-23-18/h4-6,11-12H,3,7-10,13-14H2,1-2H3,(H,21,22). The van der Waals surface area contributed by atoms with E-state index in [9.17, 15) is 0 Å². The van der Waals surface area contributed by atoms with Gasteiger partial charge in [0.15, 0.2) is 5.96 Å². The van der Waals surface area contributed by atoms with Gasteiger partial charge >= 0.3 is 0 Å². The summed E-state index contributed by atoms with van der Waals surface area (Å²) in [6, 6.07) is 8.29. The van der Waals surface area contributed by atoms with Gasteiger partial charge in [-0.25, -0.2) is 4.99 Å². The zero-order valence-corrected chi connectivity index (χ0v) is 17.0. The molecule has 0 unspecified atom stereocenters. The van der Waals surface area contributed by atoms with E-state index in [1.807, 2.05) is 6.07 Å². The van der Waals surface area contributed by atoms with Crippen LogP contribution >= 0.6 is 15.9 Å². The predicted molar refractivity (Wildman–Crippen MR) is 107 cm³/mol. The molecule has 1 aromatic carbocycles. The second-order valence-electron chi connectivity index (χ2n) is 6.49. The molecule has 0 aliphatic carbocycles. The lowest BCUT2D eigenvalue weighted by molar-refractivity contribution is 0.169. The Balaban J connectivity index is 1.59. The highest BCUT2D eigenvalue weighted by atomic mass is 79.9. The smallest absolute Gasteiger partial charge is 0.194 e. The van der Waals surface area contributed by atoms with E-state index in [1.165, 1.54) is 11.1 Å². The van der Waals surface area contributed by atoms with Crippen molar-refractivity contribution >= 4 is 21.9 Å². The zero-order valence-electron chi connectivity index (χ0n) is 15.4. The number of hydrogen-bond donors (Lipinski definition) is 1. The molecule has 0 atom stereocenters. The van der Waals surface area contributed by atoms with E-state index in [0.29, 0.717) is 6.54 Å². The Morgan fingerprint density at radius 3 is 2.73 bits per heavy atom. The Morgan fingerprint density at radius 2 is 2.08 bits per heavy atom. The molecule has 1 saturated heterocycles. The van der Waals surface area contributed by atoms with Crippen LogP contribution in [0.3, 0.4) is 0 Å². The molecule has 2 aromatic rings. The highest BCUT2D eigenvalue weighted by molar-refractivity contribution is 9.10. The highest BCUT2D eigenvalue weighted by Crippen LogP contribution is 2.17. The van der Waals surface area contributed by atoms with Crippen molar-refractivity contribution in [3.05, 3.63) is 51.8 Å². The van der Waals surface area contributed by atoms with Crippen LogP contribution in [0, 0.1) is 6.92 Å². The number of guanidine groups is 1. The second kappa shape index (κ2) is 9.19. The average molecular weight is 420 g/mol. The summed E-state index contributed by atoms with van der Waals surface area (Å²) in [6.07, 6.45) is 1.63. The number of hydrogen-bond acceptors (Lipinski definition) is 4. The van der Waals surface area contributed by atoms with E-state index in [-0.39, 0.29) is 0 Å². The molecule has 1 aliphatic rings. The number of rotatable bonds is 5. The first kappa shape index (κ1) is 18.9. The van der Waals surface area contributed by atoms with Crippen LogP contribution in [0.5, 0.6) is 0 Å².